The van der Waals surface area contributed by atoms with E-state index in [1.807, 2.05) is 0 Å². The molecule has 0 heterocycles. The lowest BCUT2D eigenvalue weighted by Crippen LogP contribution is -2.60. The number of aromatic hydroxyl groups is 1. The number of carbonyl (C=O) groups excluding carboxylic acids is 9. The molecule has 22 N–H and O–H groups in total. The van der Waals surface area contributed by atoms with Crippen molar-refractivity contribution in [2.75, 3.05) is 25.4 Å². The highest BCUT2D eigenvalue weighted by molar-refractivity contribution is 6.02. The van der Waals surface area contributed by atoms with Crippen LogP contribution in [0.1, 0.15) is 101 Å². The second kappa shape index (κ2) is 33.5. The summed E-state index contributed by atoms with van der Waals surface area (Å²) < 4.78 is 0. The quantitative estimate of drug-likeness (QED) is 0.00798. The van der Waals surface area contributed by atoms with E-state index in [0.717, 1.165) is 12.1 Å². The van der Waals surface area contributed by atoms with Crippen LogP contribution in [0.25, 0.3) is 0 Å². The number of carbonyl (C=O) groups is 10. The number of nitrogens with one attached hydrogen (secondary N) is 8. The summed E-state index contributed by atoms with van der Waals surface area (Å²) in [5.74, 6) is -11.2. The normalized spacial score (nSPS) is 14.0. The summed E-state index contributed by atoms with van der Waals surface area (Å²) in [7, 11) is 0. The number of anilines is 1. The smallest absolute Gasteiger partial charge is 0.310 e. The van der Waals surface area contributed by atoms with E-state index in [9.17, 15) is 68.3 Å². The number of nitrogens with zero attached hydrogens (tertiary/aromatic N) is 2. The molecule has 0 bridgehead atoms. The molecule has 0 aliphatic rings. The summed E-state index contributed by atoms with van der Waals surface area (Å²) in [6.45, 7) is 6.33. The van der Waals surface area contributed by atoms with E-state index < -0.39 is 143 Å². The van der Waals surface area contributed by atoms with Gasteiger partial charge in [0.2, 0.25) is 47.3 Å². The highest BCUT2D eigenvalue weighted by atomic mass is 16.6. The molecule has 0 aliphatic heterocycles. The van der Waals surface area contributed by atoms with Crippen LogP contribution in [0.4, 0.5) is 11.4 Å². The van der Waals surface area contributed by atoms with Crippen molar-refractivity contribution in [2.24, 2.45) is 39.6 Å². The van der Waals surface area contributed by atoms with E-state index in [1.165, 1.54) is 32.0 Å². The van der Waals surface area contributed by atoms with Gasteiger partial charge in [0.05, 0.1) is 16.9 Å². The van der Waals surface area contributed by atoms with Gasteiger partial charge in [-0.25, -0.2) is 0 Å². The van der Waals surface area contributed by atoms with Gasteiger partial charge in [0.1, 0.15) is 48.3 Å². The molecule has 0 aromatic heterocycles. The molecule has 2 rings (SSSR count). The lowest BCUT2D eigenvalue weighted by molar-refractivity contribution is -0.385. The van der Waals surface area contributed by atoms with Crippen LogP contribution in [0.2, 0.25) is 0 Å². The number of rotatable bonds is 35. The number of phenols is 1. The third-order valence-electron chi connectivity index (χ3n) is 12.0. The van der Waals surface area contributed by atoms with E-state index in [2.05, 4.69) is 47.5 Å². The van der Waals surface area contributed by atoms with Crippen molar-refractivity contribution in [3.8, 4) is 5.75 Å². The monoisotopic (exact) mass is 1110 g/mol. The highest BCUT2D eigenvalue weighted by Crippen LogP contribution is 2.27. The first-order valence-electron chi connectivity index (χ1n) is 25.4. The molecule has 0 saturated carbocycles. The molecule has 0 unspecified atom stereocenters. The maximum Gasteiger partial charge on any atom is 0.310 e. The molecule has 0 spiro atoms. The van der Waals surface area contributed by atoms with Gasteiger partial charge in [-0.3, -0.25) is 63.1 Å². The summed E-state index contributed by atoms with van der Waals surface area (Å²) in [6, 6.07) is -2.00. The Hall–Kier alpha value is -8.67. The number of nitrogen functional groups attached to an aromatic ring is 1. The number of nitrogens with two attached hydrogens (primary N) is 6. The topological polar surface area (TPSA) is 519 Å². The largest absolute Gasteiger partial charge is 0.502 e. The van der Waals surface area contributed by atoms with E-state index in [0.29, 0.717) is 25.7 Å². The zero-order valence-electron chi connectivity index (χ0n) is 44.6. The number of benzene rings is 2. The number of carboxylic acid groups (broad SMARTS) is 1. The fourth-order valence-corrected chi connectivity index (χ4v) is 7.60. The minimum absolute atomic E-state index is 0.00926. The number of carboxylic acids is 1. The molecular formula is C49H76N16O14. The molecule has 0 radical (unpaired) electrons. The van der Waals surface area contributed by atoms with Gasteiger partial charge in [-0.1, -0.05) is 32.0 Å². The van der Waals surface area contributed by atoms with Crippen LogP contribution >= 0.6 is 0 Å². The summed E-state index contributed by atoms with van der Waals surface area (Å²) in [6.07, 6.45) is 0.281. The van der Waals surface area contributed by atoms with Gasteiger partial charge in [-0.05, 0) is 108 Å². The standard InChI is InChI=1S/C49H76N16O14/c1-25(2)39(64-43(72)29-12-5-6-13-30(29)52)48(77)61-32(15-8-10-20-51)46(75)59-31(14-7-9-19-50)45(74)60-33(16-11-21-56-49(54)55)44(73)58-26(3)41(70)57-27(4)42(71)63-35(24-38(67)68)47(76)62-34(40(53)69)22-28-17-18-37(66)36(23-28)65(78)79/h5-6,12-13,17-18,23,25-27,31-35,39,66H,7-11,14-16,19-22,24,50-52H2,1-4H3,(H2,53,69)(H,57,70)(H,58,73)(H,59,75)(H,60,74)(H,61,77)(H,62,76)(H,63,71)(H,64,72)(H,67,68)(H4,54,55,56)/t26-,27-,31-,32-,33-,34-,35-,39-/m0/s1. The number of unbranched alkanes of at least 4 members (excludes halogenated alkanes) is 2. The molecule has 8 atom stereocenters. The first-order chi connectivity index (χ1) is 37.2. The summed E-state index contributed by atoms with van der Waals surface area (Å²) >= 11 is 0. The Morgan fingerprint density at radius 1 is 0.608 bits per heavy atom. The molecule has 2 aromatic rings. The average molecular weight is 1110 g/mol. The summed E-state index contributed by atoms with van der Waals surface area (Å²) in [4.78, 5) is 148. The Bertz CT molecular complexity index is 2510. The molecule has 0 aliphatic carbocycles. The zero-order valence-corrected chi connectivity index (χ0v) is 44.6. The van der Waals surface area contributed by atoms with Crippen LogP contribution in [0.5, 0.6) is 5.75 Å². The molecule has 0 saturated heterocycles. The van der Waals surface area contributed by atoms with Crippen molar-refractivity contribution >= 4 is 76.5 Å². The first-order valence-corrected chi connectivity index (χ1v) is 25.4. The maximum absolute atomic E-state index is 14.2. The highest BCUT2D eigenvalue weighted by Gasteiger charge is 2.35. The van der Waals surface area contributed by atoms with Crippen LogP contribution in [0.15, 0.2) is 47.5 Å². The molecule has 0 fully saturated rings. The van der Waals surface area contributed by atoms with Crippen LogP contribution < -0.4 is 76.9 Å². The predicted molar refractivity (Wildman–Crippen MR) is 287 cm³/mol. The van der Waals surface area contributed by atoms with E-state index in [1.54, 1.807) is 26.0 Å². The zero-order chi connectivity index (χ0) is 59.5. The Kier molecular flexibility index (Phi) is 28.2. The van der Waals surface area contributed by atoms with Gasteiger partial charge in [0, 0.05) is 24.7 Å². The number of para-hydroxylation sites is 1. The number of guanidine groups is 1. The molecule has 9 amide bonds. The number of amides is 9. The van der Waals surface area contributed by atoms with Crippen LogP contribution in [-0.2, 0) is 49.6 Å². The fraction of sp³-hybridized carbons (Fsp3) is 0.531. The van der Waals surface area contributed by atoms with Gasteiger partial charge >= 0.3 is 11.7 Å². The molecule has 436 valence electrons. The van der Waals surface area contributed by atoms with E-state index in [4.69, 9.17) is 34.4 Å². The number of hydrogen-bond donors (Lipinski definition) is 16. The van der Waals surface area contributed by atoms with Gasteiger partial charge in [-0.2, -0.15) is 0 Å². The SMILES string of the molecule is CC(C)[C@H](NC(=O)c1ccccc1N)C(=O)N[C@@H](CCCCN)C(=O)N[C@@H](CCCCN)C(=O)N[C@@H](CCCN=C(N)N)C(=O)N[C@@H](C)C(=O)N[C@@H](C)C(=O)N[C@@H](CC(=O)O)C(=O)N[C@@H](Cc1ccc(O)c([N+](=O)[O-])c1)C(N)=O. The van der Waals surface area contributed by atoms with Crippen molar-refractivity contribution < 1.29 is 63.1 Å². The van der Waals surface area contributed by atoms with Crippen molar-refractivity contribution in [1.29, 1.82) is 0 Å². The number of hydrogen-bond acceptors (Lipinski definition) is 17. The minimum atomic E-state index is -1.86. The number of nitro benzene ring substituents is 1. The van der Waals surface area contributed by atoms with E-state index in [-0.39, 0.29) is 68.1 Å². The van der Waals surface area contributed by atoms with Gasteiger partial charge in [0.15, 0.2) is 11.7 Å². The van der Waals surface area contributed by atoms with Crippen LogP contribution in [0, 0.1) is 16.0 Å². The average Bonchev–Trinajstić information content (AvgIpc) is 3.39. The van der Waals surface area contributed by atoms with Crippen LogP contribution in [-0.4, -0.2) is 148 Å². The summed E-state index contributed by atoms with van der Waals surface area (Å²) in [5.41, 5.74) is 33.6. The molecular weight excluding hydrogens is 1040 g/mol. The lowest BCUT2D eigenvalue weighted by Gasteiger charge is -2.28. The lowest BCUT2D eigenvalue weighted by atomic mass is 10.0. The number of phenolic OH excluding ortho intramolecular Hbond substituents is 1. The van der Waals surface area contributed by atoms with Crippen molar-refractivity contribution in [3.05, 3.63) is 63.7 Å². The minimum Gasteiger partial charge on any atom is -0.502 e. The van der Waals surface area contributed by atoms with Crippen molar-refractivity contribution in [1.82, 2.24) is 42.5 Å². The van der Waals surface area contributed by atoms with Gasteiger partial charge < -0.3 is 87.1 Å². The Morgan fingerprint density at radius 2 is 1.08 bits per heavy atom. The van der Waals surface area contributed by atoms with Crippen molar-refractivity contribution in [2.45, 2.75) is 140 Å². The Balaban J connectivity index is 2.29. The summed E-state index contributed by atoms with van der Waals surface area (Å²) in [5, 5.41) is 50.5. The third kappa shape index (κ3) is 23.2. The number of primary amides is 1. The maximum atomic E-state index is 14.2. The van der Waals surface area contributed by atoms with Crippen LogP contribution in [0.3, 0.4) is 0 Å². The molecule has 30 heteroatoms. The number of aliphatic imine (C=N–C) groups is 1. The van der Waals surface area contributed by atoms with Gasteiger partial charge in [0.25, 0.3) is 5.91 Å². The van der Waals surface area contributed by atoms with E-state index >= 15 is 0 Å². The van der Waals surface area contributed by atoms with Crippen molar-refractivity contribution in [3.63, 3.8) is 0 Å². The first kappa shape index (κ1) is 66.4. The second-order valence-corrected chi connectivity index (χ2v) is 18.9. The Morgan fingerprint density at radius 3 is 1.57 bits per heavy atom. The molecule has 2 aromatic carbocycles. The third-order valence-corrected chi connectivity index (χ3v) is 12.0. The molecule has 30 nitrogen and oxygen atoms in total. The fourth-order valence-electron chi connectivity index (χ4n) is 7.60. The Labute approximate surface area is 455 Å². The predicted octanol–water partition coefficient (Wildman–Crippen LogP) is -3.42. The second-order valence-electron chi connectivity index (χ2n) is 18.9. The molecule has 79 heavy (non-hydrogen) atoms. The number of nitro groups is 1. The number of aliphatic carboxylic acids is 1. The van der Waals surface area contributed by atoms with Gasteiger partial charge in [-0.15, -0.1) is 0 Å².